The van der Waals surface area contributed by atoms with Crippen LogP contribution in [0.2, 0.25) is 0 Å². The van der Waals surface area contributed by atoms with Crippen LogP contribution in [0.3, 0.4) is 0 Å². The molecular formula is C14H17F4N3O3. The first-order chi connectivity index (χ1) is 11.3. The maximum atomic E-state index is 14.5. The lowest BCUT2D eigenvalue weighted by Crippen LogP contribution is -2.35. The number of nitrogens with zero attached hydrogens (tertiary/aromatic N) is 3. The lowest BCUT2D eigenvalue weighted by atomic mass is 10.00. The topological polar surface area (TPSA) is 67.6 Å². The summed E-state index contributed by atoms with van der Waals surface area (Å²) in [5.41, 5.74) is 0.353. The molecule has 0 saturated carbocycles. The predicted octanol–water partition coefficient (Wildman–Crippen LogP) is 2.46. The summed E-state index contributed by atoms with van der Waals surface area (Å²) in [4.78, 5) is 12.2. The minimum atomic E-state index is -3.20. The van der Waals surface area contributed by atoms with Gasteiger partial charge in [-0.2, -0.15) is 13.9 Å². The second kappa shape index (κ2) is 6.23. The van der Waals surface area contributed by atoms with Gasteiger partial charge in [0.1, 0.15) is 12.3 Å². The summed E-state index contributed by atoms with van der Waals surface area (Å²) >= 11 is 0. The van der Waals surface area contributed by atoms with Gasteiger partial charge in [0.25, 0.3) is 12.3 Å². The summed E-state index contributed by atoms with van der Waals surface area (Å²) in [6, 6.07) is 0. The number of carbonyl (C=O) groups is 1. The van der Waals surface area contributed by atoms with Crippen molar-refractivity contribution in [2.45, 2.75) is 50.8 Å². The van der Waals surface area contributed by atoms with E-state index in [-0.39, 0.29) is 43.7 Å². The van der Waals surface area contributed by atoms with E-state index < -0.39 is 37.6 Å². The fraction of sp³-hybridized carbons (Fsp3) is 0.714. The van der Waals surface area contributed by atoms with E-state index in [9.17, 15) is 22.4 Å². The molecule has 0 spiro atoms. The highest BCUT2D eigenvalue weighted by molar-refractivity contribution is 5.65. The van der Waals surface area contributed by atoms with Gasteiger partial charge in [0.2, 0.25) is 0 Å². The second-order valence-corrected chi connectivity index (χ2v) is 6.00. The Morgan fingerprint density at radius 2 is 2.21 bits per heavy atom. The molecule has 0 aromatic carbocycles. The van der Waals surface area contributed by atoms with E-state index in [0.29, 0.717) is 5.69 Å². The van der Waals surface area contributed by atoms with E-state index in [1.807, 2.05) is 0 Å². The van der Waals surface area contributed by atoms with Gasteiger partial charge in [0, 0.05) is 24.9 Å². The van der Waals surface area contributed by atoms with Crippen LogP contribution in [0.15, 0.2) is 0 Å². The SMILES string of the molecule is O=C(O)N1CCc2nn3c(c2C1)C(F)(F)CC[C@H](OCC(F)F)C3. The summed E-state index contributed by atoms with van der Waals surface area (Å²) in [7, 11) is 0. The van der Waals surface area contributed by atoms with Crippen molar-refractivity contribution >= 4 is 6.09 Å². The molecule has 0 aliphatic carbocycles. The Bertz CT molecular complexity index is 635. The van der Waals surface area contributed by atoms with Gasteiger partial charge in [-0.05, 0) is 6.42 Å². The first-order valence-electron chi connectivity index (χ1n) is 7.62. The van der Waals surface area contributed by atoms with Gasteiger partial charge in [0.15, 0.2) is 0 Å². The maximum Gasteiger partial charge on any atom is 0.407 e. The molecule has 10 heteroatoms. The van der Waals surface area contributed by atoms with Crippen molar-refractivity contribution in [3.8, 4) is 0 Å². The minimum absolute atomic E-state index is 0.0439. The molecule has 0 fully saturated rings. The molecule has 3 rings (SSSR count). The van der Waals surface area contributed by atoms with Crippen LogP contribution in [0.5, 0.6) is 0 Å². The Morgan fingerprint density at radius 1 is 1.46 bits per heavy atom. The minimum Gasteiger partial charge on any atom is -0.465 e. The van der Waals surface area contributed by atoms with Gasteiger partial charge in [-0.3, -0.25) is 4.68 Å². The van der Waals surface area contributed by atoms with Crippen molar-refractivity contribution in [3.05, 3.63) is 17.0 Å². The monoisotopic (exact) mass is 351 g/mol. The Hall–Kier alpha value is -1.84. The number of halogens is 4. The zero-order chi connectivity index (χ0) is 17.5. The quantitative estimate of drug-likeness (QED) is 0.850. The number of hydrogen-bond acceptors (Lipinski definition) is 3. The molecule has 1 atom stereocenters. The predicted molar refractivity (Wildman–Crippen MR) is 73.2 cm³/mol. The molecule has 134 valence electrons. The number of alkyl halides is 4. The molecule has 3 heterocycles. The number of ether oxygens (including phenoxy) is 1. The van der Waals surface area contributed by atoms with Crippen LogP contribution >= 0.6 is 0 Å². The average Bonchev–Trinajstić information content (AvgIpc) is 2.81. The molecule has 2 aliphatic rings. The van der Waals surface area contributed by atoms with Gasteiger partial charge < -0.3 is 14.7 Å². The van der Waals surface area contributed by atoms with E-state index in [1.54, 1.807) is 0 Å². The molecule has 2 aliphatic heterocycles. The van der Waals surface area contributed by atoms with Gasteiger partial charge in [-0.15, -0.1) is 0 Å². The molecule has 0 radical (unpaired) electrons. The number of carboxylic acid groups (broad SMARTS) is 1. The summed E-state index contributed by atoms with van der Waals surface area (Å²) in [5, 5.41) is 13.2. The fourth-order valence-electron chi connectivity index (χ4n) is 3.22. The molecular weight excluding hydrogens is 334 g/mol. The van der Waals surface area contributed by atoms with Crippen LogP contribution < -0.4 is 0 Å². The van der Waals surface area contributed by atoms with Gasteiger partial charge >= 0.3 is 6.09 Å². The van der Waals surface area contributed by atoms with Crippen molar-refractivity contribution in [3.63, 3.8) is 0 Å². The van der Waals surface area contributed by atoms with Crippen molar-refractivity contribution < 1.29 is 32.2 Å². The number of hydrogen-bond donors (Lipinski definition) is 1. The van der Waals surface area contributed by atoms with Crippen molar-refractivity contribution in [1.29, 1.82) is 0 Å². The van der Waals surface area contributed by atoms with Gasteiger partial charge in [-0.25, -0.2) is 13.6 Å². The van der Waals surface area contributed by atoms with E-state index in [0.717, 1.165) is 9.58 Å². The first kappa shape index (κ1) is 17.0. The molecule has 6 nitrogen and oxygen atoms in total. The summed E-state index contributed by atoms with van der Waals surface area (Å²) in [6.45, 7) is -0.801. The molecule has 1 aromatic rings. The lowest BCUT2D eigenvalue weighted by Gasteiger charge is -2.25. The van der Waals surface area contributed by atoms with E-state index in [2.05, 4.69) is 5.10 Å². The summed E-state index contributed by atoms with van der Waals surface area (Å²) < 4.78 is 59.8. The van der Waals surface area contributed by atoms with E-state index >= 15 is 0 Å². The van der Waals surface area contributed by atoms with Gasteiger partial charge in [0.05, 0.1) is 24.9 Å². The number of fused-ring (bicyclic) bond motifs is 3. The maximum absolute atomic E-state index is 14.5. The third-order valence-corrected chi connectivity index (χ3v) is 4.33. The normalized spacial score (nSPS) is 22.9. The Kier molecular flexibility index (Phi) is 4.41. The number of rotatable bonds is 3. The van der Waals surface area contributed by atoms with Crippen LogP contribution in [-0.2, 0) is 30.2 Å². The average molecular weight is 351 g/mol. The zero-order valence-electron chi connectivity index (χ0n) is 12.7. The van der Waals surface area contributed by atoms with Crippen molar-refractivity contribution in [2.75, 3.05) is 13.2 Å². The third kappa shape index (κ3) is 3.19. The Balaban J connectivity index is 1.90. The number of amides is 1. The van der Waals surface area contributed by atoms with E-state index in [4.69, 9.17) is 9.84 Å². The summed E-state index contributed by atoms with van der Waals surface area (Å²) in [6.07, 6.45) is -4.98. The van der Waals surface area contributed by atoms with Crippen LogP contribution in [0, 0.1) is 0 Å². The Morgan fingerprint density at radius 3 is 2.88 bits per heavy atom. The van der Waals surface area contributed by atoms with Crippen LogP contribution in [0.4, 0.5) is 22.4 Å². The van der Waals surface area contributed by atoms with Crippen molar-refractivity contribution in [1.82, 2.24) is 14.7 Å². The highest BCUT2D eigenvalue weighted by atomic mass is 19.3. The standard InChI is InChI=1S/C14H17F4N3O3/c15-11(16)7-24-8-1-3-14(17,18)12-9-6-20(13(22)23)4-2-10(9)19-21(12)5-8/h8,11H,1-7H2,(H,22,23)/t8-/m0/s1. The molecule has 0 bridgehead atoms. The summed E-state index contributed by atoms with van der Waals surface area (Å²) in [5.74, 6) is -3.20. The molecule has 0 saturated heterocycles. The Labute approximate surface area is 135 Å². The molecule has 1 aromatic heterocycles. The largest absolute Gasteiger partial charge is 0.465 e. The van der Waals surface area contributed by atoms with Crippen LogP contribution in [0.25, 0.3) is 0 Å². The van der Waals surface area contributed by atoms with Crippen molar-refractivity contribution in [2.24, 2.45) is 0 Å². The lowest BCUT2D eigenvalue weighted by molar-refractivity contribution is -0.0494. The molecule has 1 amide bonds. The van der Waals surface area contributed by atoms with E-state index in [1.165, 1.54) is 0 Å². The smallest absolute Gasteiger partial charge is 0.407 e. The zero-order valence-corrected chi connectivity index (χ0v) is 12.7. The highest BCUT2D eigenvalue weighted by Crippen LogP contribution is 2.41. The van der Waals surface area contributed by atoms with Gasteiger partial charge in [-0.1, -0.05) is 0 Å². The number of aromatic nitrogens is 2. The third-order valence-electron chi connectivity index (χ3n) is 4.33. The fourth-order valence-corrected chi connectivity index (χ4v) is 3.22. The first-order valence-corrected chi connectivity index (χ1v) is 7.62. The molecule has 24 heavy (non-hydrogen) atoms. The molecule has 1 N–H and O–H groups in total. The van der Waals surface area contributed by atoms with Crippen LogP contribution in [0.1, 0.15) is 29.8 Å². The molecule has 0 unspecified atom stereocenters. The second-order valence-electron chi connectivity index (χ2n) is 6.00. The van der Waals surface area contributed by atoms with Crippen LogP contribution in [-0.4, -0.2) is 51.6 Å². The highest BCUT2D eigenvalue weighted by Gasteiger charge is 2.44.